The van der Waals surface area contributed by atoms with Gasteiger partial charge >= 0.3 is 0 Å². The second-order valence-electron chi connectivity index (χ2n) is 6.06. The first kappa shape index (κ1) is 16.9. The van der Waals surface area contributed by atoms with Crippen LogP contribution in [0, 0.1) is 18.8 Å². The molecule has 1 fully saturated rings. The Hall–Kier alpha value is -0.430. The predicted octanol–water partition coefficient (Wildman–Crippen LogP) is 2.88. The van der Waals surface area contributed by atoms with Gasteiger partial charge in [0.05, 0.1) is 4.90 Å². The van der Waals surface area contributed by atoms with E-state index in [0.717, 1.165) is 35.7 Å². The number of sulfonamides is 1. The number of thiophene rings is 1. The van der Waals surface area contributed by atoms with E-state index in [9.17, 15) is 8.42 Å². The Balaban J connectivity index is 2.14. The van der Waals surface area contributed by atoms with Crippen molar-refractivity contribution in [3.05, 3.63) is 15.8 Å². The van der Waals surface area contributed by atoms with Crippen molar-refractivity contribution in [2.75, 3.05) is 6.54 Å². The van der Waals surface area contributed by atoms with Gasteiger partial charge in [0.2, 0.25) is 10.0 Å². The Morgan fingerprint density at radius 2 is 2.05 bits per heavy atom. The summed E-state index contributed by atoms with van der Waals surface area (Å²) in [4.78, 5) is 2.39. The van der Waals surface area contributed by atoms with Crippen molar-refractivity contribution in [1.29, 1.82) is 0 Å². The third-order valence-electron chi connectivity index (χ3n) is 4.53. The maximum atomic E-state index is 12.6. The van der Waals surface area contributed by atoms with E-state index in [2.05, 4.69) is 23.9 Å². The Kier molecular flexibility index (Phi) is 5.46. The summed E-state index contributed by atoms with van der Waals surface area (Å²) in [5.41, 5.74) is 0. The normalized spacial score (nSPS) is 26.4. The highest BCUT2D eigenvalue weighted by Crippen LogP contribution is 2.33. The zero-order valence-electron chi connectivity index (χ0n) is 13.3. The van der Waals surface area contributed by atoms with E-state index in [1.54, 1.807) is 11.3 Å². The monoisotopic (exact) mass is 330 g/mol. The number of rotatable bonds is 6. The van der Waals surface area contributed by atoms with Crippen LogP contribution in [-0.2, 0) is 16.6 Å². The minimum absolute atomic E-state index is 0.0708. The first-order chi connectivity index (χ1) is 9.85. The number of hydrogen-bond acceptors (Lipinski definition) is 4. The Morgan fingerprint density at radius 1 is 1.33 bits per heavy atom. The SMILES string of the molecule is CCNCc1cc(S(=O)(=O)NC2CCC(C)C2C)c(C)s1. The molecule has 1 aromatic heterocycles. The third kappa shape index (κ3) is 3.86. The van der Waals surface area contributed by atoms with Crippen LogP contribution in [0.3, 0.4) is 0 Å². The standard InChI is InChI=1S/C15H26N2O2S2/c1-5-16-9-13-8-15(12(4)20-13)21(18,19)17-14-7-6-10(2)11(14)3/h8,10-11,14,16-17H,5-7,9H2,1-4H3. The zero-order chi connectivity index (χ0) is 15.6. The fraction of sp³-hybridized carbons (Fsp3) is 0.733. The molecule has 2 rings (SSSR count). The third-order valence-corrected chi connectivity index (χ3v) is 7.33. The van der Waals surface area contributed by atoms with E-state index < -0.39 is 10.0 Å². The van der Waals surface area contributed by atoms with Crippen LogP contribution in [0.4, 0.5) is 0 Å². The van der Waals surface area contributed by atoms with Crippen LogP contribution < -0.4 is 10.0 Å². The lowest BCUT2D eigenvalue weighted by atomic mass is 9.98. The molecule has 0 bridgehead atoms. The van der Waals surface area contributed by atoms with Gasteiger partial charge in [0, 0.05) is 22.3 Å². The van der Waals surface area contributed by atoms with E-state index in [1.165, 1.54) is 0 Å². The van der Waals surface area contributed by atoms with Gasteiger partial charge in [-0.2, -0.15) is 0 Å². The fourth-order valence-electron chi connectivity index (χ4n) is 2.92. The van der Waals surface area contributed by atoms with Gasteiger partial charge in [-0.3, -0.25) is 0 Å². The lowest BCUT2D eigenvalue weighted by molar-refractivity contribution is 0.402. The quantitative estimate of drug-likeness (QED) is 0.843. The van der Waals surface area contributed by atoms with Crippen molar-refractivity contribution in [2.45, 2.75) is 58.0 Å². The van der Waals surface area contributed by atoms with Crippen molar-refractivity contribution < 1.29 is 8.42 Å². The van der Waals surface area contributed by atoms with Crippen molar-refractivity contribution in [3.63, 3.8) is 0 Å². The predicted molar refractivity (Wildman–Crippen MR) is 88.1 cm³/mol. The smallest absolute Gasteiger partial charge is 0.241 e. The fourth-order valence-corrected chi connectivity index (χ4v) is 5.89. The van der Waals surface area contributed by atoms with Gasteiger partial charge in [-0.15, -0.1) is 11.3 Å². The van der Waals surface area contributed by atoms with Gasteiger partial charge in [0.15, 0.2) is 0 Å². The van der Waals surface area contributed by atoms with Crippen LogP contribution in [0.25, 0.3) is 0 Å². The summed E-state index contributed by atoms with van der Waals surface area (Å²) in [6.45, 7) is 9.88. The molecule has 1 saturated carbocycles. The van der Waals surface area contributed by atoms with E-state index >= 15 is 0 Å². The molecule has 1 aliphatic rings. The second kappa shape index (κ2) is 6.77. The maximum Gasteiger partial charge on any atom is 0.241 e. The zero-order valence-corrected chi connectivity index (χ0v) is 14.9. The highest BCUT2D eigenvalue weighted by Gasteiger charge is 2.33. The van der Waals surface area contributed by atoms with Gasteiger partial charge in [-0.05, 0) is 44.2 Å². The Morgan fingerprint density at radius 3 is 2.62 bits per heavy atom. The van der Waals surface area contributed by atoms with Crippen LogP contribution in [-0.4, -0.2) is 21.0 Å². The minimum Gasteiger partial charge on any atom is -0.312 e. The molecule has 0 aromatic carbocycles. The molecule has 6 heteroatoms. The number of nitrogens with one attached hydrogen (secondary N) is 2. The van der Waals surface area contributed by atoms with Gasteiger partial charge in [0.1, 0.15) is 0 Å². The lowest BCUT2D eigenvalue weighted by Gasteiger charge is -2.19. The van der Waals surface area contributed by atoms with Crippen molar-refractivity contribution in [3.8, 4) is 0 Å². The van der Waals surface area contributed by atoms with Crippen molar-refractivity contribution in [2.24, 2.45) is 11.8 Å². The van der Waals surface area contributed by atoms with Crippen LogP contribution >= 0.6 is 11.3 Å². The van der Waals surface area contributed by atoms with Gasteiger partial charge in [-0.1, -0.05) is 20.8 Å². The molecule has 3 atom stereocenters. The van der Waals surface area contributed by atoms with E-state index in [4.69, 9.17) is 0 Å². The summed E-state index contributed by atoms with van der Waals surface area (Å²) < 4.78 is 28.2. The molecule has 0 saturated heterocycles. The highest BCUT2D eigenvalue weighted by molar-refractivity contribution is 7.89. The van der Waals surface area contributed by atoms with Crippen molar-refractivity contribution >= 4 is 21.4 Å². The first-order valence-electron chi connectivity index (χ1n) is 7.67. The molecule has 1 heterocycles. The van der Waals surface area contributed by atoms with E-state index in [1.807, 2.05) is 19.9 Å². The topological polar surface area (TPSA) is 58.2 Å². The summed E-state index contributed by atoms with van der Waals surface area (Å²) in [7, 11) is -3.40. The Bertz CT molecular complexity index is 580. The molecule has 0 radical (unpaired) electrons. The average Bonchev–Trinajstić information content (AvgIpc) is 2.94. The molecule has 0 spiro atoms. The van der Waals surface area contributed by atoms with Crippen LogP contribution in [0.2, 0.25) is 0 Å². The molecule has 120 valence electrons. The molecular formula is C15H26N2O2S2. The molecule has 1 aliphatic carbocycles. The summed E-state index contributed by atoms with van der Waals surface area (Å²) in [6, 6.07) is 1.88. The van der Waals surface area contributed by atoms with Gasteiger partial charge in [-0.25, -0.2) is 13.1 Å². The molecule has 21 heavy (non-hydrogen) atoms. The molecule has 0 amide bonds. The summed E-state index contributed by atoms with van der Waals surface area (Å²) in [5.74, 6) is 0.991. The summed E-state index contributed by atoms with van der Waals surface area (Å²) in [5, 5.41) is 3.24. The summed E-state index contributed by atoms with van der Waals surface area (Å²) in [6.07, 6.45) is 2.04. The number of aryl methyl sites for hydroxylation is 1. The van der Waals surface area contributed by atoms with Crippen LogP contribution in [0.1, 0.15) is 43.4 Å². The lowest BCUT2D eigenvalue weighted by Crippen LogP contribution is -2.37. The molecule has 1 aromatic rings. The molecule has 3 unspecified atom stereocenters. The average molecular weight is 331 g/mol. The first-order valence-corrected chi connectivity index (χ1v) is 9.97. The minimum atomic E-state index is -3.40. The van der Waals surface area contributed by atoms with Gasteiger partial charge in [0.25, 0.3) is 0 Å². The van der Waals surface area contributed by atoms with E-state index in [0.29, 0.717) is 16.7 Å². The van der Waals surface area contributed by atoms with Crippen LogP contribution in [0.15, 0.2) is 11.0 Å². The molecule has 4 nitrogen and oxygen atoms in total. The largest absolute Gasteiger partial charge is 0.312 e. The summed E-state index contributed by atoms with van der Waals surface area (Å²) >= 11 is 1.56. The number of hydrogen-bond donors (Lipinski definition) is 2. The second-order valence-corrected chi connectivity index (χ2v) is 9.08. The highest BCUT2D eigenvalue weighted by atomic mass is 32.2. The van der Waals surface area contributed by atoms with Gasteiger partial charge < -0.3 is 5.32 Å². The maximum absolute atomic E-state index is 12.6. The molecule has 0 aliphatic heterocycles. The molecule has 2 N–H and O–H groups in total. The molecular weight excluding hydrogens is 304 g/mol. The van der Waals surface area contributed by atoms with Crippen LogP contribution in [0.5, 0.6) is 0 Å². The van der Waals surface area contributed by atoms with E-state index in [-0.39, 0.29) is 6.04 Å². The van der Waals surface area contributed by atoms with Crippen molar-refractivity contribution in [1.82, 2.24) is 10.0 Å². The Labute approximate surface area is 132 Å².